The Bertz CT molecular complexity index is 478. The van der Waals surface area contributed by atoms with Crippen LogP contribution in [0.4, 0.5) is 5.69 Å². The summed E-state index contributed by atoms with van der Waals surface area (Å²) in [5.41, 5.74) is 6.86. The summed E-state index contributed by atoms with van der Waals surface area (Å²) in [4.78, 5) is 16.9. The second kappa shape index (κ2) is 7.14. The molecule has 1 aromatic rings. The molecule has 1 saturated heterocycles. The van der Waals surface area contributed by atoms with Crippen LogP contribution in [0.2, 0.25) is 5.02 Å². The van der Waals surface area contributed by atoms with Crippen LogP contribution in [-0.2, 0) is 0 Å². The average Bonchev–Trinajstić information content (AvgIpc) is 2.46. The zero-order valence-corrected chi connectivity index (χ0v) is 13.6. The molecule has 0 saturated carbocycles. The molecule has 0 bridgehead atoms. The number of piperidine rings is 1. The van der Waals surface area contributed by atoms with Crippen LogP contribution < -0.4 is 5.73 Å². The molecular weight excluding hydrogens is 286 g/mol. The fraction of sp³-hybridized carbons (Fsp3) is 0.562. The monoisotopic (exact) mass is 309 g/mol. The van der Waals surface area contributed by atoms with Crippen LogP contribution in [0.5, 0.6) is 0 Å². The van der Waals surface area contributed by atoms with Crippen molar-refractivity contribution >= 4 is 23.2 Å². The van der Waals surface area contributed by atoms with Gasteiger partial charge in [-0.05, 0) is 44.0 Å². The predicted octanol–water partition coefficient (Wildman–Crippen LogP) is 2.87. The third-order valence-corrected chi connectivity index (χ3v) is 4.35. The fourth-order valence-electron chi connectivity index (χ4n) is 2.95. The number of nitrogens with two attached hydrogens (primary N) is 1. The van der Waals surface area contributed by atoms with Crippen LogP contribution in [0.25, 0.3) is 0 Å². The smallest absolute Gasteiger partial charge is 0.253 e. The molecule has 1 amide bonds. The Morgan fingerprint density at radius 3 is 2.62 bits per heavy atom. The van der Waals surface area contributed by atoms with Crippen LogP contribution >= 0.6 is 11.6 Å². The van der Waals surface area contributed by atoms with Crippen molar-refractivity contribution in [1.29, 1.82) is 0 Å². The maximum Gasteiger partial charge on any atom is 0.253 e. The molecule has 0 spiro atoms. The molecule has 116 valence electrons. The molecule has 2 rings (SSSR count). The molecule has 1 fully saturated rings. The SMILES string of the molecule is CCCN1CCC(N(C)C(=O)c2cc(N)cc(Cl)c2)CC1. The fourth-order valence-corrected chi connectivity index (χ4v) is 3.20. The van der Waals surface area contributed by atoms with Crippen molar-refractivity contribution in [2.45, 2.75) is 32.2 Å². The van der Waals surface area contributed by atoms with Gasteiger partial charge in [0.05, 0.1) is 0 Å². The number of halogens is 1. The first kappa shape index (κ1) is 16.1. The van der Waals surface area contributed by atoms with Gasteiger partial charge in [-0.3, -0.25) is 4.79 Å². The molecular formula is C16H24ClN3O. The first-order valence-electron chi connectivity index (χ1n) is 7.57. The first-order valence-corrected chi connectivity index (χ1v) is 7.94. The molecule has 1 aliphatic rings. The molecule has 1 heterocycles. The number of hydrogen-bond donors (Lipinski definition) is 1. The van der Waals surface area contributed by atoms with E-state index in [9.17, 15) is 4.79 Å². The van der Waals surface area contributed by atoms with Crippen molar-refractivity contribution in [3.05, 3.63) is 28.8 Å². The summed E-state index contributed by atoms with van der Waals surface area (Å²) < 4.78 is 0. The molecule has 1 aliphatic heterocycles. The van der Waals surface area contributed by atoms with Crippen molar-refractivity contribution in [1.82, 2.24) is 9.80 Å². The predicted molar refractivity (Wildman–Crippen MR) is 87.7 cm³/mol. The molecule has 0 unspecified atom stereocenters. The summed E-state index contributed by atoms with van der Waals surface area (Å²) >= 11 is 5.98. The summed E-state index contributed by atoms with van der Waals surface area (Å²) in [5.74, 6) is -0.00172. The second-order valence-electron chi connectivity index (χ2n) is 5.76. The van der Waals surface area contributed by atoms with Crippen molar-refractivity contribution in [3.63, 3.8) is 0 Å². The maximum absolute atomic E-state index is 12.6. The molecule has 21 heavy (non-hydrogen) atoms. The highest BCUT2D eigenvalue weighted by molar-refractivity contribution is 6.31. The van der Waals surface area contributed by atoms with Crippen molar-refractivity contribution < 1.29 is 4.79 Å². The van der Waals surface area contributed by atoms with E-state index in [1.165, 1.54) is 6.42 Å². The number of anilines is 1. The number of carbonyl (C=O) groups excluding carboxylic acids is 1. The van der Waals surface area contributed by atoms with Crippen LogP contribution in [-0.4, -0.2) is 48.4 Å². The van der Waals surface area contributed by atoms with Crippen molar-refractivity contribution in [3.8, 4) is 0 Å². The largest absolute Gasteiger partial charge is 0.399 e. The number of nitrogen functional groups attached to an aromatic ring is 1. The van der Waals surface area contributed by atoms with Crippen LogP contribution in [0.1, 0.15) is 36.5 Å². The highest BCUT2D eigenvalue weighted by atomic mass is 35.5. The lowest BCUT2D eigenvalue weighted by Gasteiger charge is -2.36. The number of amides is 1. The summed E-state index contributed by atoms with van der Waals surface area (Å²) in [7, 11) is 1.87. The number of carbonyl (C=O) groups is 1. The normalized spacial score (nSPS) is 16.9. The van der Waals surface area contributed by atoms with Gasteiger partial charge in [0.25, 0.3) is 5.91 Å². The maximum atomic E-state index is 12.6. The van der Waals surface area contributed by atoms with E-state index in [4.69, 9.17) is 17.3 Å². The Morgan fingerprint density at radius 1 is 1.38 bits per heavy atom. The number of benzene rings is 1. The van der Waals surface area contributed by atoms with Gasteiger partial charge < -0.3 is 15.5 Å². The van der Waals surface area contributed by atoms with Gasteiger partial charge in [-0.1, -0.05) is 18.5 Å². The number of nitrogens with zero attached hydrogens (tertiary/aromatic N) is 2. The van der Waals surface area contributed by atoms with E-state index in [2.05, 4.69) is 11.8 Å². The standard InChI is InChI=1S/C16H24ClN3O/c1-3-6-20-7-4-15(5-8-20)19(2)16(21)12-9-13(17)11-14(18)10-12/h9-11,15H,3-8,18H2,1-2H3. The van der Waals surface area contributed by atoms with Crippen molar-refractivity contribution in [2.75, 3.05) is 32.4 Å². The van der Waals surface area contributed by atoms with Crippen LogP contribution in [0.3, 0.4) is 0 Å². The van der Waals surface area contributed by atoms with Gasteiger partial charge >= 0.3 is 0 Å². The van der Waals surface area contributed by atoms with E-state index in [0.29, 0.717) is 22.3 Å². The van der Waals surface area contributed by atoms with Gasteiger partial charge in [-0.2, -0.15) is 0 Å². The van der Waals surface area contributed by atoms with Crippen LogP contribution in [0.15, 0.2) is 18.2 Å². The molecule has 0 aromatic heterocycles. The van der Waals surface area contributed by atoms with Gasteiger partial charge in [0.2, 0.25) is 0 Å². The minimum Gasteiger partial charge on any atom is -0.399 e. The lowest BCUT2D eigenvalue weighted by atomic mass is 10.0. The van der Waals surface area contributed by atoms with E-state index in [1.807, 2.05) is 11.9 Å². The molecule has 0 radical (unpaired) electrons. The molecule has 0 atom stereocenters. The summed E-state index contributed by atoms with van der Waals surface area (Å²) in [6.07, 6.45) is 3.23. The third-order valence-electron chi connectivity index (χ3n) is 4.13. The van der Waals surface area contributed by atoms with Gasteiger partial charge in [-0.25, -0.2) is 0 Å². The van der Waals surface area contributed by atoms with Crippen LogP contribution in [0, 0.1) is 0 Å². The third kappa shape index (κ3) is 4.11. The average molecular weight is 310 g/mol. The highest BCUT2D eigenvalue weighted by Crippen LogP contribution is 2.21. The van der Waals surface area contributed by atoms with E-state index < -0.39 is 0 Å². The second-order valence-corrected chi connectivity index (χ2v) is 6.20. The molecule has 5 heteroatoms. The van der Waals surface area contributed by atoms with Crippen molar-refractivity contribution in [2.24, 2.45) is 0 Å². The lowest BCUT2D eigenvalue weighted by molar-refractivity contribution is 0.0643. The van der Waals surface area contributed by atoms with E-state index in [0.717, 1.165) is 32.5 Å². The number of likely N-dealkylation sites (tertiary alicyclic amines) is 1. The molecule has 2 N–H and O–H groups in total. The summed E-state index contributed by atoms with van der Waals surface area (Å²) in [6, 6.07) is 5.33. The zero-order valence-electron chi connectivity index (χ0n) is 12.8. The van der Waals surface area contributed by atoms with E-state index in [1.54, 1.807) is 18.2 Å². The number of rotatable bonds is 4. The number of hydrogen-bond acceptors (Lipinski definition) is 3. The molecule has 4 nitrogen and oxygen atoms in total. The zero-order chi connectivity index (χ0) is 15.4. The quantitative estimate of drug-likeness (QED) is 0.870. The van der Waals surface area contributed by atoms with Gasteiger partial charge in [0.15, 0.2) is 0 Å². The minimum atomic E-state index is -0.00172. The first-order chi connectivity index (χ1) is 10.0. The Balaban J connectivity index is 2.00. The Kier molecular flexibility index (Phi) is 5.48. The van der Waals surface area contributed by atoms with Gasteiger partial charge in [0.1, 0.15) is 0 Å². The Morgan fingerprint density at radius 2 is 2.05 bits per heavy atom. The van der Waals surface area contributed by atoms with Gasteiger partial charge in [0, 0.05) is 42.5 Å². The topological polar surface area (TPSA) is 49.6 Å². The molecule has 0 aliphatic carbocycles. The Labute approximate surface area is 131 Å². The van der Waals surface area contributed by atoms with Gasteiger partial charge in [-0.15, -0.1) is 0 Å². The summed E-state index contributed by atoms with van der Waals surface area (Å²) in [6.45, 7) is 5.47. The lowest BCUT2D eigenvalue weighted by Crippen LogP contribution is -2.45. The minimum absolute atomic E-state index is 0.00172. The highest BCUT2D eigenvalue weighted by Gasteiger charge is 2.25. The summed E-state index contributed by atoms with van der Waals surface area (Å²) in [5, 5.41) is 0.504. The molecule has 1 aromatic carbocycles. The van der Waals surface area contributed by atoms with E-state index in [-0.39, 0.29) is 5.91 Å². The van der Waals surface area contributed by atoms with E-state index >= 15 is 0 Å². The Hall–Kier alpha value is -1.26.